The van der Waals surface area contributed by atoms with Gasteiger partial charge in [-0.15, -0.1) is 0 Å². The van der Waals surface area contributed by atoms with Gasteiger partial charge in [-0.3, -0.25) is 4.79 Å². The largest absolute Gasteiger partial charge is 0.394 e. The summed E-state index contributed by atoms with van der Waals surface area (Å²) in [5.41, 5.74) is 11.9. The number of aliphatic hydroxyl groups is 2. The van der Waals surface area contributed by atoms with Crippen LogP contribution in [0.2, 0.25) is 0 Å². The number of primary amides is 1. The normalized spacial score (nSPS) is 27.7. The molecule has 124 valence electrons. The van der Waals surface area contributed by atoms with Crippen LogP contribution in [0.1, 0.15) is 29.3 Å². The summed E-state index contributed by atoms with van der Waals surface area (Å²) < 4.78 is 7.33. The number of fused-ring (bicyclic) bond motifs is 1. The number of nitrogen functional groups attached to an aromatic ring is 1. The molecule has 0 spiro atoms. The summed E-state index contributed by atoms with van der Waals surface area (Å²) in [6.45, 7) is 3.17. The standard InChI is InChI=1S/C14H19N5O4/c1-5-10(21)8(4-20)23-14(5)19-3-7(12(16)22)9-11(15)17-6(2)18-13(9)19/h3,5,8,10,14,20-21H,4H2,1-2H3,(H2,16,22)(H2,15,17,18)/t5-,8-,10+,14-/m0/s1. The van der Waals surface area contributed by atoms with E-state index in [9.17, 15) is 15.0 Å². The number of aromatic nitrogens is 3. The van der Waals surface area contributed by atoms with Crippen LogP contribution in [0.3, 0.4) is 0 Å². The molecule has 3 rings (SSSR count). The average Bonchev–Trinajstić information content (AvgIpc) is 2.99. The van der Waals surface area contributed by atoms with Crippen LogP contribution in [-0.4, -0.2) is 49.5 Å². The van der Waals surface area contributed by atoms with E-state index < -0.39 is 24.3 Å². The molecule has 2 aromatic heterocycles. The molecule has 0 aliphatic carbocycles. The van der Waals surface area contributed by atoms with E-state index in [2.05, 4.69) is 9.97 Å². The van der Waals surface area contributed by atoms with Crippen molar-refractivity contribution in [2.45, 2.75) is 32.3 Å². The maximum atomic E-state index is 11.7. The van der Waals surface area contributed by atoms with Crippen LogP contribution in [0.25, 0.3) is 11.0 Å². The Hall–Kier alpha value is -2.23. The van der Waals surface area contributed by atoms with Gasteiger partial charge in [-0.25, -0.2) is 9.97 Å². The predicted molar refractivity (Wildman–Crippen MR) is 81.4 cm³/mol. The molecular weight excluding hydrogens is 302 g/mol. The Kier molecular flexibility index (Phi) is 3.71. The van der Waals surface area contributed by atoms with Gasteiger partial charge in [0.05, 0.1) is 23.7 Å². The molecule has 2 aromatic rings. The molecule has 1 aliphatic rings. The highest BCUT2D eigenvalue weighted by atomic mass is 16.5. The van der Waals surface area contributed by atoms with Gasteiger partial charge < -0.3 is 31.0 Å². The molecule has 0 aromatic carbocycles. The fourth-order valence-electron chi connectivity index (χ4n) is 3.03. The third-order valence-electron chi connectivity index (χ3n) is 4.21. The number of nitrogens with two attached hydrogens (primary N) is 2. The molecule has 0 unspecified atom stereocenters. The van der Waals surface area contributed by atoms with Crippen LogP contribution >= 0.6 is 0 Å². The zero-order valence-corrected chi connectivity index (χ0v) is 12.8. The number of amides is 1. The zero-order valence-electron chi connectivity index (χ0n) is 12.8. The van der Waals surface area contributed by atoms with Crippen LogP contribution in [0.4, 0.5) is 5.82 Å². The number of carbonyl (C=O) groups excluding carboxylic acids is 1. The van der Waals surface area contributed by atoms with Crippen molar-refractivity contribution in [3.05, 3.63) is 17.6 Å². The molecule has 0 saturated carbocycles. The van der Waals surface area contributed by atoms with Crippen molar-refractivity contribution in [2.24, 2.45) is 11.7 Å². The molecule has 0 bridgehead atoms. The van der Waals surface area contributed by atoms with Crippen LogP contribution < -0.4 is 11.5 Å². The Balaban J connectivity index is 2.20. The minimum Gasteiger partial charge on any atom is -0.394 e. The van der Waals surface area contributed by atoms with E-state index in [1.54, 1.807) is 18.4 Å². The lowest BCUT2D eigenvalue weighted by Crippen LogP contribution is -2.28. The summed E-state index contributed by atoms with van der Waals surface area (Å²) in [6, 6.07) is 0. The molecule has 1 amide bonds. The molecule has 9 heteroatoms. The third-order valence-corrected chi connectivity index (χ3v) is 4.21. The molecule has 9 nitrogen and oxygen atoms in total. The Labute approximate surface area is 131 Å². The van der Waals surface area contributed by atoms with Crippen LogP contribution in [0.5, 0.6) is 0 Å². The molecule has 3 heterocycles. The molecule has 1 aliphatic heterocycles. The number of ether oxygens (including phenoxy) is 1. The maximum absolute atomic E-state index is 11.7. The molecule has 4 atom stereocenters. The Morgan fingerprint density at radius 3 is 2.74 bits per heavy atom. The minimum absolute atomic E-state index is 0.157. The van der Waals surface area contributed by atoms with Crippen molar-refractivity contribution in [1.82, 2.24) is 14.5 Å². The summed E-state index contributed by atoms with van der Waals surface area (Å²) in [5.74, 6) is -0.377. The smallest absolute Gasteiger partial charge is 0.251 e. The minimum atomic E-state index is -0.834. The highest BCUT2D eigenvalue weighted by Gasteiger charge is 2.42. The number of carbonyl (C=O) groups is 1. The lowest BCUT2D eigenvalue weighted by molar-refractivity contribution is -0.0445. The van der Waals surface area contributed by atoms with Gasteiger partial charge >= 0.3 is 0 Å². The van der Waals surface area contributed by atoms with E-state index >= 15 is 0 Å². The molecule has 0 radical (unpaired) electrons. The van der Waals surface area contributed by atoms with E-state index in [0.29, 0.717) is 16.9 Å². The topological polar surface area (TPSA) is 150 Å². The van der Waals surface area contributed by atoms with Gasteiger partial charge in [-0.2, -0.15) is 0 Å². The molecular formula is C14H19N5O4. The maximum Gasteiger partial charge on any atom is 0.251 e. The average molecular weight is 321 g/mol. The van der Waals surface area contributed by atoms with Gasteiger partial charge in [-0.1, -0.05) is 6.92 Å². The molecule has 1 saturated heterocycles. The van der Waals surface area contributed by atoms with Gasteiger partial charge in [-0.05, 0) is 6.92 Å². The van der Waals surface area contributed by atoms with Gasteiger partial charge in [0.15, 0.2) is 0 Å². The van der Waals surface area contributed by atoms with E-state index in [0.717, 1.165) is 0 Å². The van der Waals surface area contributed by atoms with Crippen molar-refractivity contribution < 1.29 is 19.7 Å². The van der Waals surface area contributed by atoms with E-state index in [-0.39, 0.29) is 23.9 Å². The van der Waals surface area contributed by atoms with Crippen LogP contribution in [0, 0.1) is 12.8 Å². The molecule has 23 heavy (non-hydrogen) atoms. The Bertz CT molecular complexity index is 774. The summed E-state index contributed by atoms with van der Waals surface area (Å²) >= 11 is 0. The monoisotopic (exact) mass is 321 g/mol. The summed E-state index contributed by atoms with van der Waals surface area (Å²) in [5, 5.41) is 19.8. The number of anilines is 1. The van der Waals surface area contributed by atoms with Gasteiger partial charge in [0.2, 0.25) is 0 Å². The second-order valence-corrected chi connectivity index (χ2v) is 5.77. The highest BCUT2D eigenvalue weighted by molar-refractivity contribution is 6.08. The van der Waals surface area contributed by atoms with Crippen molar-refractivity contribution in [3.8, 4) is 0 Å². The quantitative estimate of drug-likeness (QED) is 0.584. The first kappa shape index (κ1) is 15.7. The Morgan fingerprint density at radius 1 is 1.48 bits per heavy atom. The van der Waals surface area contributed by atoms with Crippen LogP contribution in [0.15, 0.2) is 6.20 Å². The van der Waals surface area contributed by atoms with Crippen molar-refractivity contribution in [3.63, 3.8) is 0 Å². The van der Waals surface area contributed by atoms with Gasteiger partial charge in [0.25, 0.3) is 5.91 Å². The number of aliphatic hydroxyl groups excluding tert-OH is 2. The van der Waals surface area contributed by atoms with Gasteiger partial charge in [0, 0.05) is 12.1 Å². The Morgan fingerprint density at radius 2 is 2.17 bits per heavy atom. The first-order valence-corrected chi connectivity index (χ1v) is 7.24. The highest BCUT2D eigenvalue weighted by Crippen LogP contribution is 2.38. The fraction of sp³-hybridized carbons (Fsp3) is 0.500. The summed E-state index contributed by atoms with van der Waals surface area (Å²) in [4.78, 5) is 20.1. The van der Waals surface area contributed by atoms with Crippen molar-refractivity contribution in [2.75, 3.05) is 12.3 Å². The van der Waals surface area contributed by atoms with Crippen molar-refractivity contribution in [1.29, 1.82) is 0 Å². The van der Waals surface area contributed by atoms with Crippen molar-refractivity contribution >= 4 is 22.8 Å². The number of nitrogens with zero attached hydrogens (tertiary/aromatic N) is 3. The number of hydrogen-bond acceptors (Lipinski definition) is 7. The molecule has 1 fully saturated rings. The first-order valence-electron chi connectivity index (χ1n) is 7.24. The number of aryl methyl sites for hydroxylation is 1. The lowest BCUT2D eigenvalue weighted by Gasteiger charge is -2.18. The van der Waals surface area contributed by atoms with Crippen LogP contribution in [-0.2, 0) is 4.74 Å². The SMILES string of the molecule is Cc1nc(N)c2c(C(N)=O)cn([C@H]3O[C@@H](CO)[C@H](O)[C@@H]3C)c2n1. The second kappa shape index (κ2) is 5.44. The van der Waals surface area contributed by atoms with Gasteiger partial charge in [0.1, 0.15) is 29.6 Å². The summed E-state index contributed by atoms with van der Waals surface area (Å²) in [6.07, 6.45) is -0.638. The predicted octanol–water partition coefficient (Wildman–Crippen LogP) is -0.692. The third kappa shape index (κ3) is 2.33. The van der Waals surface area contributed by atoms with E-state index in [4.69, 9.17) is 16.2 Å². The lowest BCUT2D eigenvalue weighted by atomic mass is 10.0. The molecule has 6 N–H and O–H groups in total. The van der Waals surface area contributed by atoms with E-state index in [1.807, 2.05) is 0 Å². The first-order chi connectivity index (χ1) is 10.8. The van der Waals surface area contributed by atoms with E-state index in [1.165, 1.54) is 6.20 Å². The second-order valence-electron chi connectivity index (χ2n) is 5.77. The summed E-state index contributed by atoms with van der Waals surface area (Å²) in [7, 11) is 0. The fourth-order valence-corrected chi connectivity index (χ4v) is 3.03. The number of hydrogen-bond donors (Lipinski definition) is 4. The zero-order chi connectivity index (χ0) is 16.9. The number of rotatable bonds is 3.